The first kappa shape index (κ1) is 12.8. The monoisotopic (exact) mass is 258 g/mol. The highest BCUT2D eigenvalue weighted by atomic mass is 19.1. The number of aromatic nitrogens is 2. The summed E-state index contributed by atoms with van der Waals surface area (Å²) in [6, 6.07) is 5.59. The Balaban J connectivity index is 2.05. The van der Waals surface area contributed by atoms with E-state index < -0.39 is 5.82 Å². The zero-order valence-electron chi connectivity index (χ0n) is 10.2. The highest BCUT2D eigenvalue weighted by Crippen LogP contribution is 2.14. The molecule has 0 radical (unpaired) electrons. The van der Waals surface area contributed by atoms with Crippen LogP contribution in [0.5, 0.6) is 0 Å². The lowest BCUT2D eigenvalue weighted by molar-refractivity contribution is -0.115. The third-order valence-corrected chi connectivity index (χ3v) is 2.49. The summed E-state index contributed by atoms with van der Waals surface area (Å²) >= 11 is 0. The molecule has 0 fully saturated rings. The molecule has 5 nitrogen and oxygen atoms in total. The summed E-state index contributed by atoms with van der Waals surface area (Å²) < 4.78 is 14.7. The van der Waals surface area contributed by atoms with Gasteiger partial charge in [-0.15, -0.1) is 0 Å². The summed E-state index contributed by atoms with van der Waals surface area (Å²) in [5.74, 6) is -0.851. The van der Waals surface area contributed by atoms with Crippen LogP contribution < -0.4 is 5.32 Å². The standard InChI is InChI=1S/C13H11FN4O/c1-18-8-9(7-16-18)4-13(19)17-11-2-3-12(14)10(5-11)6-15/h2-3,5,7-8H,4H2,1H3,(H,17,19). The summed E-state index contributed by atoms with van der Waals surface area (Å²) in [7, 11) is 1.76. The minimum Gasteiger partial charge on any atom is -0.326 e. The Morgan fingerprint density at radius 2 is 2.37 bits per heavy atom. The maximum Gasteiger partial charge on any atom is 0.228 e. The van der Waals surface area contributed by atoms with Crippen LogP contribution in [0.4, 0.5) is 10.1 Å². The summed E-state index contributed by atoms with van der Waals surface area (Å²) in [5.41, 5.74) is 1.08. The molecule has 6 heteroatoms. The summed E-state index contributed by atoms with van der Waals surface area (Å²) in [4.78, 5) is 11.8. The number of carbonyl (C=O) groups excluding carboxylic acids is 1. The van der Waals surface area contributed by atoms with Gasteiger partial charge in [0.15, 0.2) is 0 Å². The first-order valence-electron chi connectivity index (χ1n) is 5.55. The van der Waals surface area contributed by atoms with Gasteiger partial charge in [0.1, 0.15) is 11.9 Å². The average Bonchev–Trinajstić information content (AvgIpc) is 2.77. The Labute approximate surface area is 109 Å². The zero-order chi connectivity index (χ0) is 13.8. The molecular weight excluding hydrogens is 247 g/mol. The molecule has 0 saturated heterocycles. The topological polar surface area (TPSA) is 70.7 Å². The normalized spacial score (nSPS) is 9.95. The van der Waals surface area contributed by atoms with Gasteiger partial charge in [0, 0.05) is 18.9 Å². The van der Waals surface area contributed by atoms with Crippen LogP contribution in [0.2, 0.25) is 0 Å². The van der Waals surface area contributed by atoms with E-state index in [0.29, 0.717) is 5.69 Å². The maximum atomic E-state index is 13.1. The fourth-order valence-electron chi connectivity index (χ4n) is 1.64. The van der Waals surface area contributed by atoms with Crippen molar-refractivity contribution in [2.45, 2.75) is 6.42 Å². The van der Waals surface area contributed by atoms with E-state index in [1.54, 1.807) is 30.2 Å². The average molecular weight is 258 g/mol. The Morgan fingerprint density at radius 3 is 3.00 bits per heavy atom. The Bertz CT molecular complexity index is 657. The third-order valence-electron chi connectivity index (χ3n) is 2.49. The summed E-state index contributed by atoms with van der Waals surface area (Å²) in [5, 5.41) is 15.3. The third kappa shape index (κ3) is 3.16. The largest absolute Gasteiger partial charge is 0.326 e. The first-order chi connectivity index (χ1) is 9.08. The number of amides is 1. The second-order valence-electron chi connectivity index (χ2n) is 4.05. The van der Waals surface area contributed by atoms with Crippen molar-refractivity contribution >= 4 is 11.6 Å². The molecule has 0 aliphatic heterocycles. The van der Waals surface area contributed by atoms with Crippen LogP contribution in [0.3, 0.4) is 0 Å². The minimum absolute atomic E-state index is 0.0980. The number of nitrogens with one attached hydrogen (secondary N) is 1. The van der Waals surface area contributed by atoms with E-state index in [9.17, 15) is 9.18 Å². The quantitative estimate of drug-likeness (QED) is 0.909. The van der Waals surface area contributed by atoms with E-state index in [4.69, 9.17) is 5.26 Å². The fourth-order valence-corrected chi connectivity index (χ4v) is 1.64. The molecular formula is C13H11FN4O. The SMILES string of the molecule is Cn1cc(CC(=O)Nc2ccc(F)c(C#N)c2)cn1. The van der Waals surface area contributed by atoms with Gasteiger partial charge < -0.3 is 5.32 Å². The molecule has 0 saturated carbocycles. The summed E-state index contributed by atoms with van der Waals surface area (Å²) in [6.45, 7) is 0. The molecule has 1 heterocycles. The van der Waals surface area contributed by atoms with E-state index >= 15 is 0 Å². The predicted molar refractivity (Wildman–Crippen MR) is 66.7 cm³/mol. The molecule has 1 N–H and O–H groups in total. The Hall–Kier alpha value is -2.68. The number of anilines is 1. The molecule has 0 spiro atoms. The first-order valence-corrected chi connectivity index (χ1v) is 5.55. The smallest absolute Gasteiger partial charge is 0.228 e. The Kier molecular flexibility index (Phi) is 3.57. The molecule has 0 bridgehead atoms. The molecule has 2 aromatic rings. The highest BCUT2D eigenvalue weighted by Gasteiger charge is 2.08. The minimum atomic E-state index is -0.604. The molecule has 19 heavy (non-hydrogen) atoms. The van der Waals surface area contributed by atoms with E-state index in [0.717, 1.165) is 11.6 Å². The van der Waals surface area contributed by atoms with Crippen LogP contribution in [0.25, 0.3) is 0 Å². The van der Waals surface area contributed by atoms with Crippen LogP contribution in [-0.4, -0.2) is 15.7 Å². The van der Waals surface area contributed by atoms with Crippen molar-refractivity contribution in [2.75, 3.05) is 5.32 Å². The number of benzene rings is 1. The van der Waals surface area contributed by atoms with Gasteiger partial charge in [-0.05, 0) is 23.8 Å². The number of hydrogen-bond donors (Lipinski definition) is 1. The predicted octanol–water partition coefficient (Wildman–Crippen LogP) is 1.61. The lowest BCUT2D eigenvalue weighted by atomic mass is 10.2. The van der Waals surface area contributed by atoms with E-state index in [2.05, 4.69) is 10.4 Å². The number of nitriles is 1. The summed E-state index contributed by atoms with van der Waals surface area (Å²) in [6.07, 6.45) is 3.52. The molecule has 2 rings (SSSR count). The van der Waals surface area contributed by atoms with Crippen LogP contribution in [0, 0.1) is 17.1 Å². The van der Waals surface area contributed by atoms with Gasteiger partial charge in [0.05, 0.1) is 18.2 Å². The van der Waals surface area contributed by atoms with Crippen LogP contribution >= 0.6 is 0 Å². The zero-order valence-corrected chi connectivity index (χ0v) is 10.2. The number of hydrogen-bond acceptors (Lipinski definition) is 3. The molecule has 0 aliphatic carbocycles. The van der Waals surface area contributed by atoms with E-state index in [-0.39, 0.29) is 17.9 Å². The van der Waals surface area contributed by atoms with Crippen molar-refractivity contribution in [2.24, 2.45) is 7.05 Å². The van der Waals surface area contributed by atoms with E-state index in [1.165, 1.54) is 12.1 Å². The number of rotatable bonds is 3. The number of carbonyl (C=O) groups is 1. The molecule has 0 aliphatic rings. The number of halogens is 1. The van der Waals surface area contributed by atoms with Gasteiger partial charge in [0.25, 0.3) is 0 Å². The molecule has 96 valence electrons. The van der Waals surface area contributed by atoms with Gasteiger partial charge in [-0.25, -0.2) is 4.39 Å². The van der Waals surface area contributed by atoms with Crippen molar-refractivity contribution in [1.29, 1.82) is 5.26 Å². The lowest BCUT2D eigenvalue weighted by Crippen LogP contribution is -2.14. The maximum absolute atomic E-state index is 13.1. The van der Waals surface area contributed by atoms with Gasteiger partial charge in [-0.2, -0.15) is 10.4 Å². The van der Waals surface area contributed by atoms with Gasteiger partial charge >= 0.3 is 0 Å². The highest BCUT2D eigenvalue weighted by molar-refractivity contribution is 5.92. The number of nitrogens with zero attached hydrogens (tertiary/aromatic N) is 3. The van der Waals surface area contributed by atoms with E-state index in [1.807, 2.05) is 0 Å². The molecule has 0 atom stereocenters. The fraction of sp³-hybridized carbons (Fsp3) is 0.154. The van der Waals surface area contributed by atoms with Crippen molar-refractivity contribution < 1.29 is 9.18 Å². The van der Waals surface area contributed by atoms with Crippen molar-refractivity contribution in [3.8, 4) is 6.07 Å². The van der Waals surface area contributed by atoms with Crippen LogP contribution in [-0.2, 0) is 18.3 Å². The van der Waals surface area contributed by atoms with Crippen LogP contribution in [0.1, 0.15) is 11.1 Å². The number of aryl methyl sites for hydroxylation is 1. The molecule has 1 aromatic heterocycles. The molecule has 1 aromatic carbocycles. The second kappa shape index (κ2) is 5.31. The van der Waals surface area contributed by atoms with Gasteiger partial charge in [0.2, 0.25) is 5.91 Å². The molecule has 0 unspecified atom stereocenters. The van der Waals surface area contributed by atoms with Crippen molar-refractivity contribution in [3.05, 3.63) is 47.5 Å². The molecule has 1 amide bonds. The van der Waals surface area contributed by atoms with Crippen molar-refractivity contribution in [1.82, 2.24) is 9.78 Å². The van der Waals surface area contributed by atoms with Gasteiger partial charge in [-0.1, -0.05) is 0 Å². The Morgan fingerprint density at radius 1 is 1.58 bits per heavy atom. The van der Waals surface area contributed by atoms with Gasteiger partial charge in [-0.3, -0.25) is 9.48 Å². The lowest BCUT2D eigenvalue weighted by Gasteiger charge is -2.04. The van der Waals surface area contributed by atoms with Crippen LogP contribution in [0.15, 0.2) is 30.6 Å². The second-order valence-corrected chi connectivity index (χ2v) is 4.05. The van der Waals surface area contributed by atoms with Crippen molar-refractivity contribution in [3.63, 3.8) is 0 Å².